The Kier molecular flexibility index (Phi) is 5.57. The zero-order valence-corrected chi connectivity index (χ0v) is 15.3. The fourth-order valence-electron chi connectivity index (χ4n) is 1.85. The minimum Gasteiger partial charge on any atom is -0.325 e. The van der Waals surface area contributed by atoms with E-state index in [4.69, 9.17) is 0 Å². The van der Waals surface area contributed by atoms with Crippen LogP contribution in [0.15, 0.2) is 22.7 Å². The topological polar surface area (TPSA) is 66.5 Å². The second kappa shape index (κ2) is 6.46. The summed E-state index contributed by atoms with van der Waals surface area (Å²) in [5.74, 6) is -0.369. The Morgan fingerprint density at radius 1 is 1.33 bits per heavy atom. The van der Waals surface area contributed by atoms with E-state index in [1.807, 2.05) is 13.0 Å². The van der Waals surface area contributed by atoms with Crippen molar-refractivity contribution in [1.82, 2.24) is 4.31 Å². The van der Waals surface area contributed by atoms with E-state index >= 15 is 0 Å². The molecule has 0 radical (unpaired) electrons. The van der Waals surface area contributed by atoms with Gasteiger partial charge in [0, 0.05) is 15.7 Å². The second-order valence-corrected chi connectivity index (χ2v) is 8.71. The van der Waals surface area contributed by atoms with E-state index in [1.54, 1.807) is 32.9 Å². The minimum atomic E-state index is -3.46. The first-order valence-electron chi connectivity index (χ1n) is 6.45. The van der Waals surface area contributed by atoms with Crippen molar-refractivity contribution in [3.8, 4) is 0 Å². The van der Waals surface area contributed by atoms with Gasteiger partial charge in [-0.3, -0.25) is 4.79 Å². The molecule has 0 aliphatic carbocycles. The van der Waals surface area contributed by atoms with Crippen molar-refractivity contribution in [2.45, 2.75) is 33.2 Å². The molecule has 0 spiro atoms. The quantitative estimate of drug-likeness (QED) is 0.878. The van der Waals surface area contributed by atoms with Gasteiger partial charge in [0.1, 0.15) is 0 Å². The highest BCUT2D eigenvalue weighted by atomic mass is 79.9. The van der Waals surface area contributed by atoms with E-state index in [0.29, 0.717) is 5.69 Å². The fraction of sp³-hybridized carbons (Fsp3) is 0.500. The number of aryl methyl sites for hydroxylation is 1. The highest BCUT2D eigenvalue weighted by molar-refractivity contribution is 9.10. The van der Waals surface area contributed by atoms with Gasteiger partial charge in [0.15, 0.2) is 0 Å². The number of hydrogen-bond donors (Lipinski definition) is 1. The van der Waals surface area contributed by atoms with Gasteiger partial charge in [0.05, 0.1) is 12.8 Å². The largest absolute Gasteiger partial charge is 0.325 e. The van der Waals surface area contributed by atoms with Gasteiger partial charge in [-0.15, -0.1) is 0 Å². The average Bonchev–Trinajstić information content (AvgIpc) is 2.28. The van der Waals surface area contributed by atoms with E-state index in [1.165, 1.54) is 4.31 Å². The van der Waals surface area contributed by atoms with Gasteiger partial charge in [-0.1, -0.05) is 22.0 Å². The first-order chi connectivity index (χ1) is 9.41. The summed E-state index contributed by atoms with van der Waals surface area (Å²) in [4.78, 5) is 12.1. The van der Waals surface area contributed by atoms with E-state index in [-0.39, 0.29) is 12.5 Å². The number of hydrogen-bond acceptors (Lipinski definition) is 3. The average molecular weight is 377 g/mol. The normalized spacial score (nSPS) is 12.5. The monoisotopic (exact) mass is 376 g/mol. The molecule has 0 saturated heterocycles. The fourth-order valence-corrected chi connectivity index (χ4v) is 3.58. The van der Waals surface area contributed by atoms with Crippen LogP contribution in [0, 0.1) is 6.92 Å². The lowest BCUT2D eigenvalue weighted by molar-refractivity contribution is -0.117. The molecule has 0 aromatic heterocycles. The number of carbonyl (C=O) groups excluding carboxylic acids is 1. The Bertz CT molecular complexity index is 636. The van der Waals surface area contributed by atoms with Crippen LogP contribution >= 0.6 is 15.9 Å². The van der Waals surface area contributed by atoms with Crippen molar-refractivity contribution in [2.24, 2.45) is 0 Å². The molecule has 21 heavy (non-hydrogen) atoms. The summed E-state index contributed by atoms with van der Waals surface area (Å²) in [5, 5.41) is 2.71. The van der Waals surface area contributed by atoms with E-state index < -0.39 is 15.6 Å². The molecule has 7 heteroatoms. The van der Waals surface area contributed by atoms with E-state index in [9.17, 15) is 13.2 Å². The van der Waals surface area contributed by atoms with Crippen molar-refractivity contribution in [1.29, 1.82) is 0 Å². The lowest BCUT2D eigenvalue weighted by atomic mass is 10.1. The van der Waals surface area contributed by atoms with Crippen molar-refractivity contribution < 1.29 is 13.2 Å². The molecule has 0 heterocycles. The Hall–Kier alpha value is -0.920. The van der Waals surface area contributed by atoms with Crippen LogP contribution in [0.4, 0.5) is 5.69 Å². The predicted octanol–water partition coefficient (Wildman–Crippen LogP) is 2.76. The third-order valence-electron chi connectivity index (χ3n) is 2.89. The number of nitrogens with one attached hydrogen (secondary N) is 1. The molecule has 0 bridgehead atoms. The number of anilines is 1. The van der Waals surface area contributed by atoms with Crippen LogP contribution in [0.1, 0.15) is 26.3 Å². The number of rotatable bonds is 4. The van der Waals surface area contributed by atoms with Gasteiger partial charge in [0.2, 0.25) is 15.9 Å². The van der Waals surface area contributed by atoms with Crippen LogP contribution in [-0.4, -0.2) is 37.0 Å². The maximum absolute atomic E-state index is 12.1. The van der Waals surface area contributed by atoms with Gasteiger partial charge in [-0.2, -0.15) is 4.31 Å². The predicted molar refractivity (Wildman–Crippen MR) is 88.8 cm³/mol. The van der Waals surface area contributed by atoms with Gasteiger partial charge < -0.3 is 5.32 Å². The lowest BCUT2D eigenvalue weighted by Gasteiger charge is -2.32. The first kappa shape index (κ1) is 18.1. The lowest BCUT2D eigenvalue weighted by Crippen LogP contribution is -2.48. The molecule has 0 saturated carbocycles. The maximum atomic E-state index is 12.1. The molecule has 1 aromatic rings. The number of halogens is 1. The molecule has 0 unspecified atom stereocenters. The van der Waals surface area contributed by atoms with Crippen LogP contribution in [0.5, 0.6) is 0 Å². The SMILES string of the molecule is Cc1ccc(NC(=O)CN(C(C)(C)C)S(C)(=O)=O)cc1Br. The van der Waals surface area contributed by atoms with Crippen LogP contribution in [0.2, 0.25) is 0 Å². The van der Waals surface area contributed by atoms with Gasteiger partial charge >= 0.3 is 0 Å². The minimum absolute atomic E-state index is 0.214. The van der Waals surface area contributed by atoms with Crippen LogP contribution in [0.3, 0.4) is 0 Å². The highest BCUT2D eigenvalue weighted by Gasteiger charge is 2.31. The standard InChI is InChI=1S/C14H21BrN2O3S/c1-10-6-7-11(8-12(10)15)16-13(18)9-17(14(2,3)4)21(5,19)20/h6-8H,9H2,1-5H3,(H,16,18). The number of nitrogens with zero attached hydrogens (tertiary/aromatic N) is 1. The van der Waals surface area contributed by atoms with Crippen LogP contribution < -0.4 is 5.32 Å². The Balaban J connectivity index is 2.86. The third-order valence-corrected chi connectivity index (χ3v) is 5.22. The summed E-state index contributed by atoms with van der Waals surface area (Å²) in [6.45, 7) is 6.99. The second-order valence-electron chi connectivity index (χ2n) is 5.95. The first-order valence-corrected chi connectivity index (χ1v) is 9.09. The number of sulfonamides is 1. The van der Waals surface area contributed by atoms with Gasteiger partial charge in [-0.05, 0) is 45.4 Å². The summed E-state index contributed by atoms with van der Waals surface area (Å²) >= 11 is 3.39. The number of amides is 1. The smallest absolute Gasteiger partial charge is 0.239 e. The third kappa shape index (κ3) is 5.41. The molecule has 1 rings (SSSR count). The Morgan fingerprint density at radius 3 is 2.33 bits per heavy atom. The molecule has 5 nitrogen and oxygen atoms in total. The molecule has 1 amide bonds. The van der Waals surface area contributed by atoms with Crippen molar-refractivity contribution in [3.63, 3.8) is 0 Å². The molecule has 0 aliphatic heterocycles. The van der Waals surface area contributed by atoms with Crippen LogP contribution in [-0.2, 0) is 14.8 Å². The van der Waals surface area contributed by atoms with E-state index in [0.717, 1.165) is 16.3 Å². The summed E-state index contributed by atoms with van der Waals surface area (Å²) in [7, 11) is -3.46. The molecule has 1 N–H and O–H groups in total. The molecule has 118 valence electrons. The summed E-state index contributed by atoms with van der Waals surface area (Å²) in [6, 6.07) is 5.44. The van der Waals surface area contributed by atoms with Gasteiger partial charge in [-0.25, -0.2) is 8.42 Å². The van der Waals surface area contributed by atoms with Gasteiger partial charge in [0.25, 0.3) is 0 Å². The molecular weight excluding hydrogens is 356 g/mol. The molecule has 0 fully saturated rings. The number of carbonyl (C=O) groups is 1. The summed E-state index contributed by atoms with van der Waals surface area (Å²) < 4.78 is 25.7. The zero-order chi connectivity index (χ0) is 16.4. The molecule has 0 aliphatic rings. The highest BCUT2D eigenvalue weighted by Crippen LogP contribution is 2.21. The van der Waals surface area contributed by atoms with E-state index in [2.05, 4.69) is 21.2 Å². The molecule has 1 aromatic carbocycles. The Labute approximate surface area is 134 Å². The molecular formula is C14H21BrN2O3S. The van der Waals surface area contributed by atoms with Crippen molar-refractivity contribution >= 4 is 37.5 Å². The van der Waals surface area contributed by atoms with Crippen molar-refractivity contribution in [2.75, 3.05) is 18.1 Å². The number of benzene rings is 1. The van der Waals surface area contributed by atoms with Crippen LogP contribution in [0.25, 0.3) is 0 Å². The van der Waals surface area contributed by atoms with Crippen molar-refractivity contribution in [3.05, 3.63) is 28.2 Å². The maximum Gasteiger partial charge on any atom is 0.239 e. The Morgan fingerprint density at radius 2 is 1.90 bits per heavy atom. The summed E-state index contributed by atoms with van der Waals surface area (Å²) in [6.07, 6.45) is 1.11. The molecule has 0 atom stereocenters. The summed E-state index contributed by atoms with van der Waals surface area (Å²) in [5.41, 5.74) is 1.03. The zero-order valence-electron chi connectivity index (χ0n) is 12.9.